The first-order valence-electron chi connectivity index (χ1n) is 4.51. The molecule has 1 aromatic heterocycles. The van der Waals surface area contributed by atoms with Crippen LogP contribution in [0.3, 0.4) is 0 Å². The Balaban J connectivity index is 2.43. The van der Waals surface area contributed by atoms with Crippen molar-refractivity contribution >= 4 is 5.97 Å². The standard InChI is InChI=1S/C9H12N2O2/c1-2-11-8-6(5-10-11)3-4-7(8)9(12)13/h5,7H,2-4H2,1H3,(H,12,13)/t7-/m0/s1. The maximum absolute atomic E-state index is 10.9. The highest BCUT2D eigenvalue weighted by atomic mass is 16.4. The molecule has 0 saturated carbocycles. The molecule has 1 aromatic rings. The van der Waals surface area contributed by atoms with E-state index in [1.807, 2.05) is 6.92 Å². The Hall–Kier alpha value is -1.32. The van der Waals surface area contributed by atoms with Crippen molar-refractivity contribution in [2.75, 3.05) is 0 Å². The molecular formula is C9H12N2O2. The van der Waals surface area contributed by atoms with Gasteiger partial charge in [-0.05, 0) is 25.3 Å². The van der Waals surface area contributed by atoms with E-state index in [1.54, 1.807) is 10.9 Å². The van der Waals surface area contributed by atoms with E-state index >= 15 is 0 Å². The Bertz CT molecular complexity index is 343. The highest BCUT2D eigenvalue weighted by Gasteiger charge is 2.31. The number of hydrogen-bond donors (Lipinski definition) is 1. The maximum Gasteiger partial charge on any atom is 0.312 e. The van der Waals surface area contributed by atoms with Crippen molar-refractivity contribution in [1.82, 2.24) is 9.78 Å². The Labute approximate surface area is 76.2 Å². The predicted octanol–water partition coefficient (Wildman–Crippen LogP) is 1.02. The minimum absolute atomic E-state index is 0.336. The van der Waals surface area contributed by atoms with E-state index in [0.29, 0.717) is 0 Å². The van der Waals surface area contributed by atoms with Crippen molar-refractivity contribution in [3.05, 3.63) is 17.5 Å². The molecule has 1 heterocycles. The molecule has 4 nitrogen and oxygen atoms in total. The summed E-state index contributed by atoms with van der Waals surface area (Å²) in [6.45, 7) is 2.73. The van der Waals surface area contributed by atoms with Crippen LogP contribution in [0.25, 0.3) is 0 Å². The van der Waals surface area contributed by atoms with Crippen LogP contribution >= 0.6 is 0 Å². The molecule has 1 aliphatic rings. The zero-order valence-corrected chi connectivity index (χ0v) is 7.53. The molecule has 1 N–H and O–H groups in total. The van der Waals surface area contributed by atoms with Crippen molar-refractivity contribution in [2.45, 2.75) is 32.2 Å². The number of carboxylic acids is 1. The minimum Gasteiger partial charge on any atom is -0.481 e. The molecule has 0 fully saturated rings. The van der Waals surface area contributed by atoms with Gasteiger partial charge >= 0.3 is 5.97 Å². The molecule has 13 heavy (non-hydrogen) atoms. The van der Waals surface area contributed by atoms with Gasteiger partial charge in [0.25, 0.3) is 0 Å². The average Bonchev–Trinajstić information content (AvgIpc) is 2.61. The second-order valence-corrected chi connectivity index (χ2v) is 3.30. The summed E-state index contributed by atoms with van der Waals surface area (Å²) in [5.41, 5.74) is 2.02. The Morgan fingerprint density at radius 2 is 2.62 bits per heavy atom. The van der Waals surface area contributed by atoms with E-state index in [-0.39, 0.29) is 5.92 Å². The average molecular weight is 180 g/mol. The van der Waals surface area contributed by atoms with Gasteiger partial charge < -0.3 is 5.11 Å². The van der Waals surface area contributed by atoms with Crippen LogP contribution in [-0.2, 0) is 17.8 Å². The second-order valence-electron chi connectivity index (χ2n) is 3.30. The SMILES string of the molecule is CCn1ncc2c1[C@@H](C(=O)O)CC2. The molecule has 0 unspecified atom stereocenters. The summed E-state index contributed by atoms with van der Waals surface area (Å²) < 4.78 is 1.79. The molecule has 0 spiro atoms. The molecule has 1 aliphatic carbocycles. The summed E-state index contributed by atoms with van der Waals surface area (Å²) in [6, 6.07) is 0. The van der Waals surface area contributed by atoms with Gasteiger partial charge in [-0.3, -0.25) is 9.48 Å². The van der Waals surface area contributed by atoms with E-state index in [2.05, 4.69) is 5.10 Å². The summed E-state index contributed by atoms with van der Waals surface area (Å²) in [5.74, 6) is -1.06. The Morgan fingerprint density at radius 1 is 1.85 bits per heavy atom. The lowest BCUT2D eigenvalue weighted by Crippen LogP contribution is -2.13. The number of carbonyl (C=O) groups is 1. The fourth-order valence-electron chi connectivity index (χ4n) is 1.96. The molecule has 4 heteroatoms. The van der Waals surface area contributed by atoms with Gasteiger partial charge in [0.05, 0.1) is 17.8 Å². The van der Waals surface area contributed by atoms with Gasteiger partial charge in [-0.15, -0.1) is 0 Å². The fourth-order valence-corrected chi connectivity index (χ4v) is 1.96. The van der Waals surface area contributed by atoms with Crippen LogP contribution < -0.4 is 0 Å². The van der Waals surface area contributed by atoms with Crippen molar-refractivity contribution in [3.8, 4) is 0 Å². The first-order valence-corrected chi connectivity index (χ1v) is 4.51. The molecular weight excluding hydrogens is 168 g/mol. The van der Waals surface area contributed by atoms with E-state index in [1.165, 1.54) is 0 Å². The molecule has 1 atom stereocenters. The molecule has 0 amide bonds. The Kier molecular flexibility index (Phi) is 1.83. The van der Waals surface area contributed by atoms with Gasteiger partial charge in [-0.1, -0.05) is 0 Å². The second kappa shape index (κ2) is 2.87. The zero-order chi connectivity index (χ0) is 9.42. The molecule has 2 rings (SSSR count). The highest BCUT2D eigenvalue weighted by molar-refractivity contribution is 5.77. The Morgan fingerprint density at radius 3 is 3.23 bits per heavy atom. The lowest BCUT2D eigenvalue weighted by molar-refractivity contribution is -0.138. The fraction of sp³-hybridized carbons (Fsp3) is 0.556. The number of carboxylic acid groups (broad SMARTS) is 1. The number of aryl methyl sites for hydroxylation is 2. The summed E-state index contributed by atoms with van der Waals surface area (Å²) >= 11 is 0. The topological polar surface area (TPSA) is 55.1 Å². The van der Waals surface area contributed by atoms with Crippen molar-refractivity contribution in [3.63, 3.8) is 0 Å². The smallest absolute Gasteiger partial charge is 0.312 e. The van der Waals surface area contributed by atoms with E-state index in [9.17, 15) is 4.79 Å². The first kappa shape index (κ1) is 8.29. The normalized spacial score (nSPS) is 20.2. The molecule has 0 saturated heterocycles. The quantitative estimate of drug-likeness (QED) is 0.739. The third kappa shape index (κ3) is 1.13. The molecule has 0 aromatic carbocycles. The van der Waals surface area contributed by atoms with Crippen LogP contribution in [0.15, 0.2) is 6.20 Å². The molecule has 0 bridgehead atoms. The predicted molar refractivity (Wildman–Crippen MR) is 46.6 cm³/mol. The monoisotopic (exact) mass is 180 g/mol. The van der Waals surface area contributed by atoms with Gasteiger partial charge in [0.2, 0.25) is 0 Å². The number of hydrogen-bond acceptors (Lipinski definition) is 2. The third-order valence-electron chi connectivity index (χ3n) is 2.59. The van der Waals surface area contributed by atoms with Gasteiger partial charge in [-0.25, -0.2) is 0 Å². The van der Waals surface area contributed by atoms with E-state index in [4.69, 9.17) is 5.11 Å². The minimum atomic E-state index is -0.728. The van der Waals surface area contributed by atoms with Crippen LogP contribution in [0.4, 0.5) is 0 Å². The van der Waals surface area contributed by atoms with Crippen LogP contribution in [0.5, 0.6) is 0 Å². The van der Waals surface area contributed by atoms with Crippen molar-refractivity contribution in [1.29, 1.82) is 0 Å². The summed E-state index contributed by atoms with van der Waals surface area (Å²) in [7, 11) is 0. The zero-order valence-electron chi connectivity index (χ0n) is 7.53. The number of aliphatic carboxylic acids is 1. The summed E-state index contributed by atoms with van der Waals surface area (Å²) in [4.78, 5) is 10.9. The third-order valence-corrected chi connectivity index (χ3v) is 2.59. The highest BCUT2D eigenvalue weighted by Crippen LogP contribution is 2.32. The van der Waals surface area contributed by atoms with Crippen LogP contribution in [0, 0.1) is 0 Å². The number of rotatable bonds is 2. The molecule has 0 radical (unpaired) electrons. The lowest BCUT2D eigenvalue weighted by atomic mass is 10.1. The van der Waals surface area contributed by atoms with E-state index in [0.717, 1.165) is 30.6 Å². The van der Waals surface area contributed by atoms with Gasteiger partial charge in [-0.2, -0.15) is 5.10 Å². The number of aromatic nitrogens is 2. The number of fused-ring (bicyclic) bond motifs is 1. The van der Waals surface area contributed by atoms with Gasteiger partial charge in [0, 0.05) is 6.54 Å². The molecule has 0 aliphatic heterocycles. The maximum atomic E-state index is 10.9. The van der Waals surface area contributed by atoms with Crippen LogP contribution in [-0.4, -0.2) is 20.9 Å². The molecule has 70 valence electrons. The van der Waals surface area contributed by atoms with Crippen molar-refractivity contribution in [2.24, 2.45) is 0 Å². The summed E-state index contributed by atoms with van der Waals surface area (Å²) in [5, 5.41) is 13.1. The van der Waals surface area contributed by atoms with Gasteiger partial charge in [0.15, 0.2) is 0 Å². The van der Waals surface area contributed by atoms with E-state index < -0.39 is 5.97 Å². The van der Waals surface area contributed by atoms with Crippen LogP contribution in [0.1, 0.15) is 30.5 Å². The number of nitrogens with zero attached hydrogens (tertiary/aromatic N) is 2. The lowest BCUT2D eigenvalue weighted by Gasteiger charge is -2.07. The summed E-state index contributed by atoms with van der Waals surface area (Å²) in [6.07, 6.45) is 3.37. The van der Waals surface area contributed by atoms with Crippen molar-refractivity contribution < 1.29 is 9.90 Å². The largest absolute Gasteiger partial charge is 0.481 e. The van der Waals surface area contributed by atoms with Gasteiger partial charge in [0.1, 0.15) is 0 Å². The van der Waals surface area contributed by atoms with Crippen LogP contribution in [0.2, 0.25) is 0 Å². The first-order chi connectivity index (χ1) is 6.24.